The van der Waals surface area contributed by atoms with Crippen LogP contribution in [0.5, 0.6) is 0 Å². The Bertz CT molecular complexity index is 439. The standard InChI is InChI=1S/C13H23Cl2NO4S2/c1-2-3-9-20-12(17)10-16(21-13(14)15)22(18,19)11-7-5-4-6-8-11/h11,13H,2-10H2,1H3. The number of nitrogens with zero attached hydrogens (tertiary/aromatic N) is 1. The molecule has 0 amide bonds. The van der Waals surface area contributed by atoms with E-state index >= 15 is 0 Å². The van der Waals surface area contributed by atoms with E-state index in [-0.39, 0.29) is 6.54 Å². The number of rotatable bonds is 9. The van der Waals surface area contributed by atoms with Gasteiger partial charge in [0.2, 0.25) is 10.0 Å². The molecule has 0 N–H and O–H groups in total. The van der Waals surface area contributed by atoms with Gasteiger partial charge in [-0.3, -0.25) is 4.79 Å². The van der Waals surface area contributed by atoms with Gasteiger partial charge < -0.3 is 4.74 Å². The van der Waals surface area contributed by atoms with Gasteiger partial charge in [0.1, 0.15) is 6.54 Å². The van der Waals surface area contributed by atoms with Crippen LogP contribution in [0.4, 0.5) is 0 Å². The van der Waals surface area contributed by atoms with Gasteiger partial charge in [-0.05, 0) is 31.2 Å². The largest absolute Gasteiger partial charge is 0.465 e. The van der Waals surface area contributed by atoms with Crippen LogP contribution in [0, 0.1) is 0 Å². The van der Waals surface area contributed by atoms with Crippen molar-refractivity contribution in [2.75, 3.05) is 13.2 Å². The Kier molecular flexibility index (Phi) is 9.47. The van der Waals surface area contributed by atoms with E-state index in [0.717, 1.165) is 47.8 Å². The van der Waals surface area contributed by atoms with Crippen molar-refractivity contribution in [1.82, 2.24) is 3.71 Å². The summed E-state index contributed by atoms with van der Waals surface area (Å²) in [6.07, 6.45) is 5.69. The van der Waals surface area contributed by atoms with Gasteiger partial charge in [0.15, 0.2) is 4.17 Å². The molecule has 22 heavy (non-hydrogen) atoms. The molecule has 0 saturated heterocycles. The number of ether oxygens (including phenoxy) is 1. The van der Waals surface area contributed by atoms with E-state index in [1.165, 1.54) is 0 Å². The molecule has 5 nitrogen and oxygen atoms in total. The third kappa shape index (κ3) is 6.83. The SMILES string of the molecule is CCCCOC(=O)CN(SC(Cl)Cl)S(=O)(=O)C1CCCCC1. The number of esters is 1. The summed E-state index contributed by atoms with van der Waals surface area (Å²) < 4.78 is 30.4. The molecule has 0 radical (unpaired) electrons. The first-order valence-electron chi connectivity index (χ1n) is 7.50. The molecule has 1 rings (SSSR count). The van der Waals surface area contributed by atoms with Crippen molar-refractivity contribution in [2.45, 2.75) is 61.3 Å². The number of carbonyl (C=O) groups is 1. The number of carbonyl (C=O) groups excluding carboxylic acids is 1. The van der Waals surface area contributed by atoms with Crippen molar-refractivity contribution in [3.63, 3.8) is 0 Å². The van der Waals surface area contributed by atoms with E-state index < -0.39 is 25.4 Å². The average molecular weight is 392 g/mol. The predicted octanol–water partition coefficient (Wildman–Crippen LogP) is 3.70. The Morgan fingerprint density at radius 2 is 1.95 bits per heavy atom. The minimum absolute atomic E-state index is 0.294. The van der Waals surface area contributed by atoms with Crippen molar-refractivity contribution in [2.24, 2.45) is 0 Å². The number of hydrogen-bond acceptors (Lipinski definition) is 5. The highest BCUT2D eigenvalue weighted by atomic mass is 35.5. The van der Waals surface area contributed by atoms with Gasteiger partial charge in [-0.1, -0.05) is 55.8 Å². The van der Waals surface area contributed by atoms with Crippen LogP contribution in [0.25, 0.3) is 0 Å². The lowest BCUT2D eigenvalue weighted by atomic mass is 10.0. The Morgan fingerprint density at radius 3 is 2.50 bits per heavy atom. The average Bonchev–Trinajstić information content (AvgIpc) is 2.47. The molecule has 0 aromatic carbocycles. The summed E-state index contributed by atoms with van der Waals surface area (Å²) in [5.41, 5.74) is 0. The second-order valence-electron chi connectivity index (χ2n) is 5.21. The first kappa shape index (κ1) is 20.4. The van der Waals surface area contributed by atoms with E-state index in [0.29, 0.717) is 19.4 Å². The minimum atomic E-state index is -3.62. The smallest absolute Gasteiger partial charge is 0.322 e. The molecular formula is C13H23Cl2NO4S2. The van der Waals surface area contributed by atoms with Crippen LogP contribution < -0.4 is 0 Å². The molecule has 0 aromatic heterocycles. The van der Waals surface area contributed by atoms with Gasteiger partial charge >= 0.3 is 5.97 Å². The number of hydrogen-bond donors (Lipinski definition) is 0. The van der Waals surface area contributed by atoms with E-state index in [1.807, 2.05) is 6.92 Å². The fraction of sp³-hybridized carbons (Fsp3) is 0.923. The zero-order valence-electron chi connectivity index (χ0n) is 12.7. The van der Waals surface area contributed by atoms with Crippen LogP contribution in [0.1, 0.15) is 51.9 Å². The Morgan fingerprint density at radius 1 is 1.32 bits per heavy atom. The third-order valence-electron chi connectivity index (χ3n) is 3.47. The fourth-order valence-corrected chi connectivity index (χ4v) is 6.16. The van der Waals surface area contributed by atoms with Gasteiger partial charge in [-0.25, -0.2) is 8.42 Å². The summed E-state index contributed by atoms with van der Waals surface area (Å²) in [7, 11) is -3.62. The maximum atomic E-state index is 12.7. The molecule has 9 heteroatoms. The molecule has 0 atom stereocenters. The van der Waals surface area contributed by atoms with E-state index in [4.69, 9.17) is 27.9 Å². The number of alkyl halides is 2. The molecular weight excluding hydrogens is 369 g/mol. The molecule has 0 aliphatic heterocycles. The van der Waals surface area contributed by atoms with Gasteiger partial charge in [-0.15, -0.1) is 3.71 Å². The molecule has 0 aromatic rings. The van der Waals surface area contributed by atoms with Crippen LogP contribution >= 0.6 is 35.1 Å². The Hall–Kier alpha value is 0.310. The van der Waals surface area contributed by atoms with Crippen LogP contribution in [-0.2, 0) is 19.6 Å². The van der Waals surface area contributed by atoms with Crippen molar-refractivity contribution in [3.8, 4) is 0 Å². The minimum Gasteiger partial charge on any atom is -0.465 e. The highest BCUT2D eigenvalue weighted by Gasteiger charge is 2.36. The second kappa shape index (κ2) is 10.2. The van der Waals surface area contributed by atoms with Gasteiger partial charge in [-0.2, -0.15) is 0 Å². The zero-order valence-corrected chi connectivity index (χ0v) is 15.8. The predicted molar refractivity (Wildman–Crippen MR) is 91.5 cm³/mol. The van der Waals surface area contributed by atoms with Crippen LogP contribution in [0.2, 0.25) is 0 Å². The lowest BCUT2D eigenvalue weighted by molar-refractivity contribution is -0.143. The topological polar surface area (TPSA) is 63.7 Å². The molecule has 1 aliphatic rings. The lowest BCUT2D eigenvalue weighted by Gasteiger charge is -2.28. The monoisotopic (exact) mass is 391 g/mol. The first-order chi connectivity index (χ1) is 10.4. The molecule has 0 heterocycles. The fourth-order valence-electron chi connectivity index (χ4n) is 2.29. The molecule has 0 unspecified atom stereocenters. The molecule has 0 spiro atoms. The van der Waals surface area contributed by atoms with E-state index in [9.17, 15) is 13.2 Å². The molecule has 1 saturated carbocycles. The summed E-state index contributed by atoms with van der Waals surface area (Å²) in [6, 6.07) is 0. The highest BCUT2D eigenvalue weighted by molar-refractivity contribution is 8.10. The number of sulfonamides is 1. The van der Waals surface area contributed by atoms with E-state index in [2.05, 4.69) is 0 Å². The Labute approximate surface area is 147 Å². The van der Waals surface area contributed by atoms with Crippen molar-refractivity contribution < 1.29 is 17.9 Å². The van der Waals surface area contributed by atoms with Crippen molar-refractivity contribution in [3.05, 3.63) is 0 Å². The van der Waals surface area contributed by atoms with Crippen LogP contribution in [0.15, 0.2) is 0 Å². The number of halogens is 2. The quantitative estimate of drug-likeness (QED) is 0.259. The highest BCUT2D eigenvalue weighted by Crippen LogP contribution is 2.33. The van der Waals surface area contributed by atoms with Crippen molar-refractivity contribution >= 4 is 51.1 Å². The number of unbranched alkanes of at least 4 members (excludes halogenated alkanes) is 1. The van der Waals surface area contributed by atoms with Gasteiger partial charge in [0, 0.05) is 0 Å². The van der Waals surface area contributed by atoms with E-state index in [1.54, 1.807) is 0 Å². The summed E-state index contributed by atoms with van der Waals surface area (Å²) in [4.78, 5) is 11.8. The van der Waals surface area contributed by atoms with Gasteiger partial charge in [0.25, 0.3) is 0 Å². The summed E-state index contributed by atoms with van der Waals surface area (Å²) in [5, 5.41) is -0.468. The maximum absolute atomic E-state index is 12.7. The first-order valence-corrected chi connectivity index (χ1v) is 10.7. The third-order valence-corrected chi connectivity index (χ3v) is 7.37. The molecule has 1 aliphatic carbocycles. The normalized spacial score (nSPS) is 17.1. The van der Waals surface area contributed by atoms with Crippen LogP contribution in [-0.4, -0.2) is 40.7 Å². The van der Waals surface area contributed by atoms with Crippen molar-refractivity contribution in [1.29, 1.82) is 0 Å². The summed E-state index contributed by atoms with van der Waals surface area (Å²) in [6.45, 7) is 1.92. The van der Waals surface area contributed by atoms with Gasteiger partial charge in [0.05, 0.1) is 11.9 Å². The summed E-state index contributed by atoms with van der Waals surface area (Å²) >= 11 is 12.1. The summed E-state index contributed by atoms with van der Waals surface area (Å²) in [5.74, 6) is -0.575. The maximum Gasteiger partial charge on any atom is 0.322 e. The second-order valence-corrected chi connectivity index (χ2v) is 10.3. The molecule has 130 valence electrons. The molecule has 0 bridgehead atoms. The Balaban J connectivity index is 2.71. The lowest BCUT2D eigenvalue weighted by Crippen LogP contribution is -2.39. The zero-order chi connectivity index (χ0) is 16.6. The van der Waals surface area contributed by atoms with Crippen LogP contribution in [0.3, 0.4) is 0 Å². The molecule has 1 fully saturated rings.